The van der Waals surface area contributed by atoms with Crippen LogP contribution in [0.4, 0.5) is 0 Å². The Kier molecular flexibility index (Phi) is 4.63. The number of aryl methyl sites for hydroxylation is 1. The fourth-order valence-electron chi connectivity index (χ4n) is 3.53. The lowest BCUT2D eigenvalue weighted by Crippen LogP contribution is -2.05. The second-order valence-corrected chi connectivity index (χ2v) is 7.43. The lowest BCUT2D eigenvalue weighted by atomic mass is 10.0. The van der Waals surface area contributed by atoms with E-state index in [1.54, 1.807) is 4.68 Å². The zero-order valence-corrected chi connectivity index (χ0v) is 17.0. The number of nitrogens with zero attached hydrogens (tertiary/aromatic N) is 6. The summed E-state index contributed by atoms with van der Waals surface area (Å²) in [4.78, 5) is 19.5. The van der Waals surface area contributed by atoms with E-state index in [1.807, 2.05) is 18.2 Å². The number of aromatic carboxylic acids is 1. The molecule has 0 fully saturated rings. The molecule has 5 rings (SSSR count). The van der Waals surface area contributed by atoms with Crippen LogP contribution in [0.2, 0.25) is 0 Å². The maximum atomic E-state index is 11.1. The van der Waals surface area contributed by atoms with Gasteiger partial charge >= 0.3 is 5.97 Å². The monoisotopic (exact) mass is 426 g/mol. The second kappa shape index (κ2) is 7.62. The van der Waals surface area contributed by atoms with Gasteiger partial charge in [0, 0.05) is 6.20 Å². The smallest absolute Gasteiger partial charge is 0.338 e. The van der Waals surface area contributed by atoms with Gasteiger partial charge < -0.3 is 10.2 Å². The third kappa shape index (κ3) is 3.56. The third-order valence-corrected chi connectivity index (χ3v) is 5.13. The van der Waals surface area contributed by atoms with Gasteiger partial charge in [0.2, 0.25) is 5.88 Å². The minimum Gasteiger partial charge on any atom is -0.492 e. The van der Waals surface area contributed by atoms with Gasteiger partial charge in [0.05, 0.1) is 24.5 Å². The van der Waals surface area contributed by atoms with Crippen LogP contribution in [-0.2, 0) is 6.54 Å². The highest BCUT2D eigenvalue weighted by Crippen LogP contribution is 2.25. The Morgan fingerprint density at radius 2 is 1.81 bits per heavy atom. The first kappa shape index (κ1) is 19.4. The van der Waals surface area contributed by atoms with Crippen molar-refractivity contribution in [3.8, 4) is 23.0 Å². The third-order valence-electron chi connectivity index (χ3n) is 5.13. The van der Waals surface area contributed by atoms with Gasteiger partial charge in [0.1, 0.15) is 11.0 Å². The standard InChI is InChI=1S/C23H18N6O3/c1-14-3-2-4-17(9-14)16-7-5-15(6-8-16)12-28-20-19(11-25-28)26-23(27-21(20)30)29-13-18(10-24-29)22(31)32/h2-11,13H,12H2,1H3,(H,31,32)(H,26,27,30). The molecule has 0 saturated carbocycles. The van der Waals surface area contributed by atoms with E-state index in [9.17, 15) is 9.90 Å². The molecule has 32 heavy (non-hydrogen) atoms. The molecule has 0 spiro atoms. The molecule has 0 saturated heterocycles. The quantitative estimate of drug-likeness (QED) is 0.442. The number of carbonyl (C=O) groups is 1. The molecule has 0 aliphatic rings. The van der Waals surface area contributed by atoms with Gasteiger partial charge in [-0.3, -0.25) is 4.68 Å². The van der Waals surface area contributed by atoms with E-state index in [0.717, 1.165) is 16.7 Å². The van der Waals surface area contributed by atoms with Crippen LogP contribution < -0.4 is 0 Å². The largest absolute Gasteiger partial charge is 0.492 e. The molecule has 0 bridgehead atoms. The molecule has 0 aliphatic heterocycles. The summed E-state index contributed by atoms with van der Waals surface area (Å²) in [6.07, 6.45) is 4.00. The van der Waals surface area contributed by atoms with E-state index >= 15 is 0 Å². The van der Waals surface area contributed by atoms with Crippen LogP contribution in [0, 0.1) is 6.92 Å². The van der Waals surface area contributed by atoms with E-state index < -0.39 is 5.97 Å². The number of hydrogen-bond donors (Lipinski definition) is 2. The van der Waals surface area contributed by atoms with E-state index in [-0.39, 0.29) is 17.4 Å². The molecule has 5 aromatic rings. The minimum atomic E-state index is -1.11. The number of rotatable bonds is 5. The van der Waals surface area contributed by atoms with E-state index in [1.165, 1.54) is 28.8 Å². The van der Waals surface area contributed by atoms with E-state index in [4.69, 9.17) is 5.11 Å². The molecule has 9 nitrogen and oxygen atoms in total. The summed E-state index contributed by atoms with van der Waals surface area (Å²) in [6.45, 7) is 2.50. The van der Waals surface area contributed by atoms with E-state index in [2.05, 4.69) is 57.4 Å². The van der Waals surface area contributed by atoms with Crippen LogP contribution in [0.3, 0.4) is 0 Å². The summed E-state index contributed by atoms with van der Waals surface area (Å²) in [5.41, 5.74) is 5.31. The van der Waals surface area contributed by atoms with Crippen molar-refractivity contribution in [3.05, 3.63) is 83.8 Å². The summed E-state index contributed by atoms with van der Waals surface area (Å²) >= 11 is 0. The van der Waals surface area contributed by atoms with Crippen LogP contribution in [-0.4, -0.2) is 45.7 Å². The molecule has 0 radical (unpaired) electrons. The number of benzene rings is 2. The molecule has 0 amide bonds. The summed E-state index contributed by atoms with van der Waals surface area (Å²) in [7, 11) is 0. The van der Waals surface area contributed by atoms with Crippen LogP contribution in [0.25, 0.3) is 28.1 Å². The zero-order valence-electron chi connectivity index (χ0n) is 17.0. The van der Waals surface area contributed by atoms with Crippen LogP contribution in [0.1, 0.15) is 21.5 Å². The van der Waals surface area contributed by atoms with Gasteiger partial charge in [-0.25, -0.2) is 14.5 Å². The normalized spacial score (nSPS) is 11.2. The van der Waals surface area contributed by atoms with Gasteiger partial charge in [-0.15, -0.1) is 0 Å². The highest BCUT2D eigenvalue weighted by atomic mass is 16.4. The molecule has 0 unspecified atom stereocenters. The first-order valence-corrected chi connectivity index (χ1v) is 9.85. The summed E-state index contributed by atoms with van der Waals surface area (Å²) in [6, 6.07) is 16.5. The van der Waals surface area contributed by atoms with E-state index in [0.29, 0.717) is 17.6 Å². The van der Waals surface area contributed by atoms with Crippen molar-refractivity contribution < 1.29 is 15.0 Å². The first-order valence-electron chi connectivity index (χ1n) is 9.85. The van der Waals surface area contributed by atoms with Crippen LogP contribution >= 0.6 is 0 Å². The highest BCUT2D eigenvalue weighted by Gasteiger charge is 2.16. The molecule has 2 aromatic carbocycles. The van der Waals surface area contributed by atoms with Gasteiger partial charge in [0.25, 0.3) is 5.95 Å². The molecular weight excluding hydrogens is 408 g/mol. The maximum Gasteiger partial charge on any atom is 0.338 e. The number of carboxylic acid groups (broad SMARTS) is 1. The molecule has 3 aromatic heterocycles. The Hall–Kier alpha value is -4.53. The number of hydrogen-bond acceptors (Lipinski definition) is 6. The second-order valence-electron chi connectivity index (χ2n) is 7.43. The van der Waals surface area contributed by atoms with Crippen LogP contribution in [0.5, 0.6) is 5.88 Å². The Morgan fingerprint density at radius 1 is 1.00 bits per heavy atom. The lowest BCUT2D eigenvalue weighted by molar-refractivity contribution is 0.0697. The number of fused-ring (bicyclic) bond motifs is 1. The lowest BCUT2D eigenvalue weighted by Gasteiger charge is -2.08. The van der Waals surface area contributed by atoms with Gasteiger partial charge in [-0.1, -0.05) is 54.1 Å². The number of aromatic hydroxyl groups is 1. The fraction of sp³-hybridized carbons (Fsp3) is 0.0870. The topological polar surface area (TPSA) is 119 Å². The van der Waals surface area contributed by atoms with Crippen molar-refractivity contribution in [1.82, 2.24) is 29.5 Å². The molecular formula is C23H18N6O3. The Bertz CT molecular complexity index is 1450. The van der Waals surface area contributed by atoms with Gasteiger partial charge in [-0.05, 0) is 23.6 Å². The average Bonchev–Trinajstić information content (AvgIpc) is 3.42. The van der Waals surface area contributed by atoms with Crippen molar-refractivity contribution >= 4 is 17.0 Å². The number of aromatic nitrogens is 6. The molecule has 158 valence electrons. The Balaban J connectivity index is 1.43. The summed E-state index contributed by atoms with van der Waals surface area (Å²) < 4.78 is 2.83. The van der Waals surface area contributed by atoms with Crippen LogP contribution in [0.15, 0.2) is 67.1 Å². The van der Waals surface area contributed by atoms with Crippen molar-refractivity contribution in [2.45, 2.75) is 13.5 Å². The van der Waals surface area contributed by atoms with Gasteiger partial charge in [-0.2, -0.15) is 15.2 Å². The average molecular weight is 426 g/mol. The molecule has 2 N–H and O–H groups in total. The fourth-order valence-corrected chi connectivity index (χ4v) is 3.53. The number of carboxylic acids is 1. The maximum absolute atomic E-state index is 11.1. The Labute approximate surface area is 182 Å². The van der Waals surface area contributed by atoms with Crippen molar-refractivity contribution in [1.29, 1.82) is 0 Å². The molecule has 0 atom stereocenters. The Morgan fingerprint density at radius 3 is 2.53 bits per heavy atom. The molecule has 9 heteroatoms. The van der Waals surface area contributed by atoms with Crippen molar-refractivity contribution in [2.24, 2.45) is 0 Å². The van der Waals surface area contributed by atoms with Crippen molar-refractivity contribution in [3.63, 3.8) is 0 Å². The molecule has 3 heterocycles. The zero-order chi connectivity index (χ0) is 22.2. The summed E-state index contributed by atoms with van der Waals surface area (Å²) in [5, 5.41) is 27.9. The van der Waals surface area contributed by atoms with Gasteiger partial charge in [0.15, 0.2) is 0 Å². The highest BCUT2D eigenvalue weighted by molar-refractivity contribution is 5.87. The minimum absolute atomic E-state index is 0.00186. The predicted molar refractivity (Wildman–Crippen MR) is 117 cm³/mol. The first-order chi connectivity index (χ1) is 15.5. The predicted octanol–water partition coefficient (Wildman–Crippen LogP) is 3.44. The molecule has 0 aliphatic carbocycles. The SMILES string of the molecule is Cc1cccc(-c2ccc(Cn3ncc4nc(-n5cc(C(=O)O)cn5)nc(O)c43)cc2)c1. The van der Waals surface area contributed by atoms with Crippen molar-refractivity contribution in [2.75, 3.05) is 0 Å². The summed E-state index contributed by atoms with van der Waals surface area (Å²) in [5.74, 6) is -1.31.